The van der Waals surface area contributed by atoms with Gasteiger partial charge >= 0.3 is 17.9 Å². The number of phenols is 1. The van der Waals surface area contributed by atoms with E-state index >= 15 is 0 Å². The van der Waals surface area contributed by atoms with Crippen molar-refractivity contribution in [3.8, 4) is 40.2 Å². The Kier molecular flexibility index (Phi) is 10.3. The summed E-state index contributed by atoms with van der Waals surface area (Å²) in [4.78, 5) is 43.0. The molecule has 0 aliphatic carbocycles. The number of fused-ring (bicyclic) bond motifs is 9. The van der Waals surface area contributed by atoms with Crippen LogP contribution in [0.2, 0.25) is 0 Å². The summed E-state index contributed by atoms with van der Waals surface area (Å²) < 4.78 is 42.1. The summed E-state index contributed by atoms with van der Waals surface area (Å²) in [6.45, 7) is 5.05. The Hall–Kier alpha value is -5.78. The molecule has 4 aromatic carbocycles. The Labute approximate surface area is 367 Å². The second kappa shape index (κ2) is 15.8. The van der Waals surface area contributed by atoms with Crippen molar-refractivity contribution in [3.05, 3.63) is 110 Å². The van der Waals surface area contributed by atoms with Crippen LogP contribution in [0.4, 0.5) is 0 Å². The lowest BCUT2D eigenvalue weighted by Gasteiger charge is -2.65. The average Bonchev–Trinajstić information content (AvgIpc) is 3.77. The van der Waals surface area contributed by atoms with E-state index in [2.05, 4.69) is 5.32 Å². The minimum absolute atomic E-state index is 0.0266. The van der Waals surface area contributed by atoms with Gasteiger partial charge in [-0.2, -0.15) is 0 Å². The molecule has 0 saturated carbocycles. The van der Waals surface area contributed by atoms with E-state index < -0.39 is 59.1 Å². The fraction of sp³-hybridized carbons (Fsp3) is 0.383. The molecule has 1 unspecified atom stereocenters. The third kappa shape index (κ3) is 6.52. The van der Waals surface area contributed by atoms with Crippen LogP contribution in [-0.4, -0.2) is 91.2 Å². The summed E-state index contributed by atoms with van der Waals surface area (Å²) in [5.41, 5.74) is 4.68. The molecular formula is C47H46N3O12S-. The molecule has 3 N–H and O–H groups in total. The second-order valence-electron chi connectivity index (χ2n) is 16.6. The number of ether oxygens (including phenoxy) is 7. The minimum Gasteiger partial charge on any atom is -0.648 e. The average molecular weight is 877 g/mol. The lowest BCUT2D eigenvalue weighted by Crippen LogP contribution is -2.64. The normalized spacial score (nSPS) is 26.5. The molecule has 0 aromatic heterocycles. The van der Waals surface area contributed by atoms with Crippen molar-refractivity contribution in [2.24, 2.45) is 0 Å². The predicted molar refractivity (Wildman–Crippen MR) is 230 cm³/mol. The van der Waals surface area contributed by atoms with Crippen molar-refractivity contribution in [1.82, 2.24) is 10.2 Å². The predicted octanol–water partition coefficient (Wildman–Crippen LogP) is 5.77. The molecule has 63 heavy (non-hydrogen) atoms. The maximum absolute atomic E-state index is 15.0. The number of phenolic OH excluding ortho intramolecular Hbond substituents is 1. The molecule has 15 nitrogen and oxygen atoms in total. The van der Waals surface area contributed by atoms with Gasteiger partial charge in [-0.15, -0.1) is 11.8 Å². The van der Waals surface area contributed by atoms with Gasteiger partial charge in [-0.3, -0.25) is 15.0 Å². The maximum atomic E-state index is 15.0. The highest BCUT2D eigenvalue weighted by molar-refractivity contribution is 7.99. The number of aryl methyl sites for hydroxylation is 1. The molecule has 4 aromatic rings. The Bertz CT molecular complexity index is 2600. The summed E-state index contributed by atoms with van der Waals surface area (Å²) >= 11 is 1.42. The monoisotopic (exact) mass is 876 g/mol. The summed E-state index contributed by atoms with van der Waals surface area (Å²) in [5, 5.41) is 32.5. The van der Waals surface area contributed by atoms with E-state index in [1.54, 1.807) is 25.1 Å². The molecule has 328 valence electrons. The summed E-state index contributed by atoms with van der Waals surface area (Å²) in [6, 6.07) is 12.0. The Morgan fingerprint density at radius 1 is 0.968 bits per heavy atom. The molecule has 7 atom stereocenters. The Morgan fingerprint density at radius 3 is 2.52 bits per heavy atom. The number of carbonyl (C=O) groups is 3. The number of rotatable bonds is 6. The molecule has 2 saturated heterocycles. The minimum atomic E-state index is -1.45. The van der Waals surface area contributed by atoms with Crippen LogP contribution in [0.1, 0.15) is 74.3 Å². The molecule has 7 aliphatic heterocycles. The van der Waals surface area contributed by atoms with Gasteiger partial charge in [0.25, 0.3) is 0 Å². The summed E-state index contributed by atoms with van der Waals surface area (Å²) in [6.07, 6.45) is 2.72. The number of methoxy groups -OCH3 is 2. The quantitative estimate of drug-likeness (QED) is 0.120. The molecule has 7 heterocycles. The number of hydrogen-bond donors (Lipinski definition) is 3. The van der Waals surface area contributed by atoms with E-state index in [1.165, 1.54) is 39.0 Å². The van der Waals surface area contributed by atoms with Gasteiger partial charge < -0.3 is 48.7 Å². The fourth-order valence-electron chi connectivity index (χ4n) is 10.4. The van der Waals surface area contributed by atoms with Crippen molar-refractivity contribution in [1.29, 1.82) is 0 Å². The van der Waals surface area contributed by atoms with Crippen molar-refractivity contribution in [2.45, 2.75) is 74.8 Å². The second-order valence-corrected chi connectivity index (χ2v) is 17.7. The molecule has 2 fully saturated rings. The molecule has 16 heteroatoms. The van der Waals surface area contributed by atoms with E-state index in [0.717, 1.165) is 22.3 Å². The smallest absolute Gasteiger partial charge is 0.336 e. The Morgan fingerprint density at radius 2 is 1.76 bits per heavy atom. The summed E-state index contributed by atoms with van der Waals surface area (Å²) in [7, 11) is 2.98. The number of nitrogens with one attached hydrogen (secondary N) is 1. The SMILES string of the molecule is COc1cc2c(cc1OC(=O)/C=C/c1ccccc1)CCN[C@]21CS[C@@H]2c3c(OC(C)=O)c(C)c4c(c3[C@H](COC1=O)N1C2[C@@H]2[N-][C@@H](Cc3cc(C)c(OC)c(O)c32)[C@@H]1O)OCO4. The topological polar surface area (TPSA) is 186 Å². The number of carbonyl (C=O) groups excluding carboxylic acids is 3. The van der Waals surface area contributed by atoms with Crippen molar-refractivity contribution in [3.63, 3.8) is 0 Å². The van der Waals surface area contributed by atoms with Crippen molar-refractivity contribution < 1.29 is 57.8 Å². The highest BCUT2D eigenvalue weighted by atomic mass is 32.2. The molecule has 11 rings (SSSR count). The van der Waals surface area contributed by atoms with Gasteiger partial charge in [-0.05, 0) is 78.3 Å². The van der Waals surface area contributed by atoms with Crippen LogP contribution in [0.25, 0.3) is 11.4 Å². The molecule has 4 bridgehead atoms. The van der Waals surface area contributed by atoms with Crippen LogP contribution in [0.15, 0.2) is 54.6 Å². The number of hydrogen-bond acceptors (Lipinski definition) is 15. The summed E-state index contributed by atoms with van der Waals surface area (Å²) in [5.74, 6) is 0.236. The number of aromatic hydroxyl groups is 1. The van der Waals surface area contributed by atoms with E-state index in [4.69, 9.17) is 38.5 Å². The first-order chi connectivity index (χ1) is 30.4. The van der Waals surface area contributed by atoms with E-state index in [-0.39, 0.29) is 42.2 Å². The fourth-order valence-corrected chi connectivity index (χ4v) is 12.1. The number of benzene rings is 4. The number of nitrogens with zero attached hydrogens (tertiary/aromatic N) is 2. The van der Waals surface area contributed by atoms with Gasteiger partial charge in [0.1, 0.15) is 12.4 Å². The zero-order chi connectivity index (χ0) is 43.9. The number of aliphatic hydroxyl groups excluding tert-OH is 1. The first-order valence-corrected chi connectivity index (χ1v) is 21.9. The first-order valence-electron chi connectivity index (χ1n) is 20.8. The third-order valence-corrected chi connectivity index (χ3v) is 14.5. The maximum Gasteiger partial charge on any atom is 0.336 e. The number of aliphatic hydroxyl groups is 1. The standard InChI is InChI=1S/C47H46N3O12S/c1-22-15-27-16-29-45(54)50-30-19-58-46(55)47(28-18-31(56-4)32(17-26(28)13-14-48-47)62-33(52)12-11-25-9-7-6-8-10-25)20-63-44(38(50)37(49-29)34(27)39(53)40(22)57-5)36-35(30)43-42(59-21-60-43)23(2)41(36)61-24(3)51/h6-12,15,17-18,29-30,37-38,44-45,48,53-54H,13-14,16,19-21H2,1-5H3/q-1/b12-11+/t29-,30-,37+,38?,44+,45-,47+/m0/s1. The van der Waals surface area contributed by atoms with Crippen LogP contribution in [0.5, 0.6) is 40.2 Å². The van der Waals surface area contributed by atoms with Crippen LogP contribution >= 0.6 is 11.8 Å². The highest BCUT2D eigenvalue weighted by Crippen LogP contribution is 2.65. The molecule has 7 aliphatic rings. The van der Waals surface area contributed by atoms with Crippen LogP contribution in [0, 0.1) is 13.8 Å². The zero-order valence-corrected chi connectivity index (χ0v) is 36.1. The van der Waals surface area contributed by atoms with Gasteiger partial charge in [0.2, 0.25) is 6.79 Å². The molecule has 1 spiro atoms. The van der Waals surface area contributed by atoms with Crippen LogP contribution in [-0.2, 0) is 37.5 Å². The Balaban J connectivity index is 1.12. The van der Waals surface area contributed by atoms with Crippen molar-refractivity contribution in [2.75, 3.05) is 39.9 Å². The first kappa shape index (κ1) is 41.2. The van der Waals surface area contributed by atoms with E-state index in [9.17, 15) is 24.6 Å². The molecular weight excluding hydrogens is 831 g/mol. The largest absolute Gasteiger partial charge is 0.648 e. The third-order valence-electron chi connectivity index (χ3n) is 13.1. The van der Waals surface area contributed by atoms with Gasteiger partial charge in [0.15, 0.2) is 40.0 Å². The van der Waals surface area contributed by atoms with Gasteiger partial charge in [-0.25, -0.2) is 9.59 Å². The zero-order valence-electron chi connectivity index (χ0n) is 35.3. The lowest BCUT2D eigenvalue weighted by molar-refractivity contribution is -0.160. The van der Waals surface area contributed by atoms with Gasteiger partial charge in [0, 0.05) is 53.3 Å². The number of piperazine rings is 1. The number of esters is 3. The molecule has 0 radical (unpaired) electrons. The lowest BCUT2D eigenvalue weighted by atomic mass is 9.74. The highest BCUT2D eigenvalue weighted by Gasteiger charge is 2.57. The van der Waals surface area contributed by atoms with Crippen LogP contribution in [0.3, 0.4) is 0 Å². The van der Waals surface area contributed by atoms with Gasteiger partial charge in [0.05, 0.1) is 26.5 Å². The molecule has 0 amide bonds. The van der Waals surface area contributed by atoms with Crippen molar-refractivity contribution >= 4 is 35.7 Å². The number of thioether (sulfide) groups is 1. The van der Waals surface area contributed by atoms with Gasteiger partial charge in [-0.1, -0.05) is 48.5 Å². The van der Waals surface area contributed by atoms with Crippen LogP contribution < -0.4 is 33.7 Å². The van der Waals surface area contributed by atoms with E-state index in [0.29, 0.717) is 64.5 Å². The van der Waals surface area contributed by atoms with E-state index in [1.807, 2.05) is 48.2 Å².